The summed E-state index contributed by atoms with van der Waals surface area (Å²) in [6.07, 6.45) is 7.03. The summed E-state index contributed by atoms with van der Waals surface area (Å²) in [5.74, 6) is 1.03. The molecule has 0 spiro atoms. The third-order valence-electron chi connectivity index (χ3n) is 2.64. The van der Waals surface area contributed by atoms with Crippen molar-refractivity contribution in [3.8, 4) is 0 Å². The number of nitrogens with zero attached hydrogens (tertiary/aromatic N) is 1. The van der Waals surface area contributed by atoms with E-state index in [4.69, 9.17) is 4.42 Å². The molecule has 0 aliphatic carbocycles. The number of allylic oxidation sites excluding steroid dienone is 1. The summed E-state index contributed by atoms with van der Waals surface area (Å²) < 4.78 is 5.25. The fourth-order valence-electron chi connectivity index (χ4n) is 1.75. The molecule has 82 valence electrons. The number of piperazine rings is 1. The SMILES string of the molecule is C(=C/CN1CCNCC1)/Cc1ccco1. The van der Waals surface area contributed by atoms with Crippen molar-refractivity contribution in [1.29, 1.82) is 0 Å². The molecule has 3 nitrogen and oxygen atoms in total. The molecule has 0 amide bonds. The van der Waals surface area contributed by atoms with Gasteiger partial charge < -0.3 is 9.73 Å². The molecule has 0 radical (unpaired) electrons. The number of hydrogen-bond donors (Lipinski definition) is 1. The van der Waals surface area contributed by atoms with Gasteiger partial charge in [0.1, 0.15) is 5.76 Å². The van der Waals surface area contributed by atoms with Crippen LogP contribution in [0.4, 0.5) is 0 Å². The zero-order chi connectivity index (χ0) is 10.3. The van der Waals surface area contributed by atoms with Gasteiger partial charge in [0.25, 0.3) is 0 Å². The van der Waals surface area contributed by atoms with Gasteiger partial charge in [0.2, 0.25) is 0 Å². The summed E-state index contributed by atoms with van der Waals surface area (Å²) in [5, 5.41) is 3.35. The Hall–Kier alpha value is -1.06. The monoisotopic (exact) mass is 206 g/mol. The van der Waals surface area contributed by atoms with Crippen molar-refractivity contribution < 1.29 is 4.42 Å². The van der Waals surface area contributed by atoms with Gasteiger partial charge in [-0.2, -0.15) is 0 Å². The van der Waals surface area contributed by atoms with E-state index in [0.717, 1.165) is 44.9 Å². The van der Waals surface area contributed by atoms with E-state index in [1.54, 1.807) is 6.26 Å². The lowest BCUT2D eigenvalue weighted by atomic mass is 10.3. The highest BCUT2D eigenvalue weighted by Crippen LogP contribution is 2.01. The predicted molar refractivity (Wildman–Crippen MR) is 60.9 cm³/mol. The van der Waals surface area contributed by atoms with Crippen LogP contribution in [-0.2, 0) is 6.42 Å². The molecule has 1 aliphatic heterocycles. The Morgan fingerprint density at radius 2 is 2.20 bits per heavy atom. The molecule has 0 atom stereocenters. The van der Waals surface area contributed by atoms with Gasteiger partial charge in [-0.3, -0.25) is 4.90 Å². The Labute approximate surface area is 90.8 Å². The minimum absolute atomic E-state index is 0.902. The van der Waals surface area contributed by atoms with Gasteiger partial charge in [-0.25, -0.2) is 0 Å². The first-order chi connectivity index (χ1) is 7.45. The molecule has 1 N–H and O–H groups in total. The zero-order valence-electron chi connectivity index (χ0n) is 8.98. The summed E-state index contributed by atoms with van der Waals surface area (Å²) in [5.41, 5.74) is 0. The fraction of sp³-hybridized carbons (Fsp3) is 0.500. The third kappa shape index (κ3) is 3.53. The highest BCUT2D eigenvalue weighted by molar-refractivity contribution is 5.04. The van der Waals surface area contributed by atoms with E-state index in [1.807, 2.05) is 12.1 Å². The Morgan fingerprint density at radius 1 is 1.33 bits per heavy atom. The summed E-state index contributed by atoms with van der Waals surface area (Å²) in [6, 6.07) is 3.94. The van der Waals surface area contributed by atoms with Crippen molar-refractivity contribution in [1.82, 2.24) is 10.2 Å². The predicted octanol–water partition coefficient (Wildman–Crippen LogP) is 1.28. The molecule has 0 bridgehead atoms. The maximum absolute atomic E-state index is 5.25. The average molecular weight is 206 g/mol. The molecule has 2 heterocycles. The Bertz CT molecular complexity index is 287. The van der Waals surface area contributed by atoms with E-state index in [9.17, 15) is 0 Å². The van der Waals surface area contributed by atoms with Crippen LogP contribution in [0.3, 0.4) is 0 Å². The number of hydrogen-bond acceptors (Lipinski definition) is 3. The van der Waals surface area contributed by atoms with Crippen LogP contribution in [0.5, 0.6) is 0 Å². The van der Waals surface area contributed by atoms with E-state index in [2.05, 4.69) is 22.4 Å². The van der Waals surface area contributed by atoms with Gasteiger partial charge in [-0.1, -0.05) is 12.2 Å². The molecule has 15 heavy (non-hydrogen) atoms. The number of rotatable bonds is 4. The van der Waals surface area contributed by atoms with Crippen molar-refractivity contribution in [3.05, 3.63) is 36.3 Å². The second-order valence-electron chi connectivity index (χ2n) is 3.81. The topological polar surface area (TPSA) is 28.4 Å². The molecule has 0 aromatic carbocycles. The first-order valence-electron chi connectivity index (χ1n) is 5.55. The van der Waals surface area contributed by atoms with Crippen LogP contribution in [-0.4, -0.2) is 37.6 Å². The maximum atomic E-state index is 5.25. The summed E-state index contributed by atoms with van der Waals surface area (Å²) >= 11 is 0. The molecule has 1 aliphatic rings. The lowest BCUT2D eigenvalue weighted by molar-refractivity contribution is 0.264. The van der Waals surface area contributed by atoms with Crippen LogP contribution in [0, 0.1) is 0 Å². The highest BCUT2D eigenvalue weighted by Gasteiger charge is 2.06. The standard InChI is InChI=1S/C12H18N2O/c1(4-12-5-3-11-15-12)2-8-14-9-6-13-7-10-14/h1-3,5,11,13H,4,6-10H2/b2-1-. The molecule has 2 rings (SSSR count). The van der Waals surface area contributed by atoms with Crippen molar-refractivity contribution in [2.45, 2.75) is 6.42 Å². The van der Waals surface area contributed by atoms with Crippen LogP contribution in [0.2, 0.25) is 0 Å². The molecule has 3 heteroatoms. The van der Waals surface area contributed by atoms with Crippen LogP contribution >= 0.6 is 0 Å². The molecule has 0 unspecified atom stereocenters. The minimum Gasteiger partial charge on any atom is -0.469 e. The lowest BCUT2D eigenvalue weighted by Crippen LogP contribution is -2.43. The van der Waals surface area contributed by atoms with Crippen molar-refractivity contribution >= 4 is 0 Å². The Morgan fingerprint density at radius 3 is 2.93 bits per heavy atom. The molecule has 0 saturated carbocycles. The molecular formula is C12H18N2O. The number of nitrogens with one attached hydrogen (secondary N) is 1. The van der Waals surface area contributed by atoms with Crippen LogP contribution in [0.1, 0.15) is 5.76 Å². The van der Waals surface area contributed by atoms with Crippen molar-refractivity contribution in [2.24, 2.45) is 0 Å². The maximum Gasteiger partial charge on any atom is 0.107 e. The zero-order valence-corrected chi connectivity index (χ0v) is 8.98. The molecule has 1 aromatic heterocycles. The quantitative estimate of drug-likeness (QED) is 0.752. The second kappa shape index (κ2) is 5.73. The largest absolute Gasteiger partial charge is 0.469 e. The Balaban J connectivity index is 1.66. The summed E-state index contributed by atoms with van der Waals surface area (Å²) in [7, 11) is 0. The van der Waals surface area contributed by atoms with Crippen LogP contribution < -0.4 is 5.32 Å². The molecular weight excluding hydrogens is 188 g/mol. The van der Waals surface area contributed by atoms with Gasteiger partial charge >= 0.3 is 0 Å². The van der Waals surface area contributed by atoms with Gasteiger partial charge in [0.15, 0.2) is 0 Å². The second-order valence-corrected chi connectivity index (χ2v) is 3.81. The van der Waals surface area contributed by atoms with Gasteiger partial charge in [-0.05, 0) is 12.1 Å². The van der Waals surface area contributed by atoms with Gasteiger partial charge in [0, 0.05) is 39.1 Å². The van der Waals surface area contributed by atoms with Gasteiger partial charge in [-0.15, -0.1) is 0 Å². The van der Waals surface area contributed by atoms with E-state index in [-0.39, 0.29) is 0 Å². The molecule has 1 fully saturated rings. The van der Waals surface area contributed by atoms with E-state index < -0.39 is 0 Å². The fourth-order valence-corrected chi connectivity index (χ4v) is 1.75. The highest BCUT2D eigenvalue weighted by atomic mass is 16.3. The van der Waals surface area contributed by atoms with Crippen molar-refractivity contribution in [2.75, 3.05) is 32.7 Å². The van der Waals surface area contributed by atoms with Crippen LogP contribution in [0.25, 0.3) is 0 Å². The van der Waals surface area contributed by atoms with Gasteiger partial charge in [0.05, 0.1) is 6.26 Å². The summed E-state index contributed by atoms with van der Waals surface area (Å²) in [6.45, 7) is 5.61. The first kappa shape index (κ1) is 10.5. The third-order valence-corrected chi connectivity index (χ3v) is 2.64. The summed E-state index contributed by atoms with van der Waals surface area (Å²) in [4.78, 5) is 2.45. The van der Waals surface area contributed by atoms with E-state index in [1.165, 1.54) is 0 Å². The normalized spacial score (nSPS) is 18.7. The van der Waals surface area contributed by atoms with Crippen LogP contribution in [0.15, 0.2) is 35.0 Å². The van der Waals surface area contributed by atoms with E-state index >= 15 is 0 Å². The van der Waals surface area contributed by atoms with E-state index in [0.29, 0.717) is 0 Å². The minimum atomic E-state index is 0.902. The molecule has 1 saturated heterocycles. The van der Waals surface area contributed by atoms with Crippen molar-refractivity contribution in [3.63, 3.8) is 0 Å². The molecule has 1 aromatic rings. The number of furan rings is 1. The first-order valence-corrected chi connectivity index (χ1v) is 5.55. The lowest BCUT2D eigenvalue weighted by Gasteiger charge is -2.25. The Kier molecular flexibility index (Phi) is 4.00. The smallest absolute Gasteiger partial charge is 0.107 e. The average Bonchev–Trinajstić information content (AvgIpc) is 2.79.